The molecule has 1 aromatic rings. The third-order valence-corrected chi connectivity index (χ3v) is 3.92. The molecule has 112 valence electrons. The molecule has 6 heteroatoms. The third kappa shape index (κ3) is 2.79. The van der Waals surface area contributed by atoms with Crippen LogP contribution in [0.3, 0.4) is 0 Å². The lowest BCUT2D eigenvalue weighted by atomic mass is 9.96. The van der Waals surface area contributed by atoms with Gasteiger partial charge < -0.3 is 19.5 Å². The Labute approximate surface area is 122 Å². The van der Waals surface area contributed by atoms with E-state index in [1.165, 1.54) is 0 Å². The van der Waals surface area contributed by atoms with Gasteiger partial charge in [-0.25, -0.2) is 0 Å². The van der Waals surface area contributed by atoms with Gasteiger partial charge in [-0.1, -0.05) is 0 Å². The Hall–Kier alpha value is -2.24. The van der Waals surface area contributed by atoms with Gasteiger partial charge in [0.25, 0.3) is 5.91 Å². The Kier molecular flexibility index (Phi) is 3.68. The number of ether oxygens (including phenoxy) is 2. The van der Waals surface area contributed by atoms with Crippen molar-refractivity contribution in [2.75, 3.05) is 26.3 Å². The number of rotatable bonds is 2. The second-order valence-electron chi connectivity index (χ2n) is 5.26. The van der Waals surface area contributed by atoms with Crippen molar-refractivity contribution in [3.63, 3.8) is 0 Å². The summed E-state index contributed by atoms with van der Waals surface area (Å²) in [5, 5.41) is 8.98. The highest BCUT2D eigenvalue weighted by molar-refractivity contribution is 5.95. The van der Waals surface area contributed by atoms with Crippen LogP contribution in [-0.2, 0) is 4.79 Å². The summed E-state index contributed by atoms with van der Waals surface area (Å²) < 4.78 is 10.9. The quantitative estimate of drug-likeness (QED) is 0.891. The molecule has 6 nitrogen and oxygen atoms in total. The Balaban J connectivity index is 1.70. The molecule has 21 heavy (non-hydrogen) atoms. The van der Waals surface area contributed by atoms with Crippen molar-refractivity contribution in [3.05, 3.63) is 23.8 Å². The van der Waals surface area contributed by atoms with Crippen molar-refractivity contribution in [1.82, 2.24) is 4.90 Å². The number of amides is 1. The molecule has 1 amide bonds. The molecule has 0 spiro atoms. The van der Waals surface area contributed by atoms with E-state index in [1.54, 1.807) is 23.1 Å². The number of piperidine rings is 1. The predicted molar refractivity (Wildman–Crippen MR) is 73.7 cm³/mol. The lowest BCUT2D eigenvalue weighted by Gasteiger charge is -2.30. The number of carbonyl (C=O) groups is 2. The highest BCUT2D eigenvalue weighted by Crippen LogP contribution is 2.31. The van der Waals surface area contributed by atoms with Crippen LogP contribution in [-0.4, -0.2) is 48.2 Å². The lowest BCUT2D eigenvalue weighted by molar-refractivity contribution is -0.143. The first kappa shape index (κ1) is 13.7. The molecule has 1 aromatic carbocycles. The van der Waals surface area contributed by atoms with E-state index in [9.17, 15) is 9.59 Å². The fourth-order valence-corrected chi connectivity index (χ4v) is 2.69. The van der Waals surface area contributed by atoms with Gasteiger partial charge in [-0.3, -0.25) is 9.59 Å². The van der Waals surface area contributed by atoms with Crippen molar-refractivity contribution in [2.24, 2.45) is 5.92 Å². The summed E-state index contributed by atoms with van der Waals surface area (Å²) in [6.45, 7) is 1.95. The van der Waals surface area contributed by atoms with Crippen molar-refractivity contribution in [3.8, 4) is 11.5 Å². The van der Waals surface area contributed by atoms with Crippen LogP contribution in [0.25, 0.3) is 0 Å². The lowest BCUT2D eigenvalue weighted by Crippen LogP contribution is -2.40. The molecular weight excluding hydrogens is 274 g/mol. The Morgan fingerprint density at radius 3 is 2.43 bits per heavy atom. The number of carboxylic acid groups (broad SMARTS) is 1. The molecule has 1 saturated heterocycles. The van der Waals surface area contributed by atoms with E-state index >= 15 is 0 Å². The van der Waals surface area contributed by atoms with Crippen LogP contribution in [0.2, 0.25) is 0 Å². The van der Waals surface area contributed by atoms with Gasteiger partial charge in [-0.15, -0.1) is 0 Å². The zero-order valence-corrected chi connectivity index (χ0v) is 11.6. The van der Waals surface area contributed by atoms with Crippen LogP contribution in [0.4, 0.5) is 0 Å². The van der Waals surface area contributed by atoms with Crippen molar-refractivity contribution >= 4 is 11.9 Å². The van der Waals surface area contributed by atoms with Gasteiger partial charge >= 0.3 is 5.97 Å². The molecule has 2 aliphatic heterocycles. The topological polar surface area (TPSA) is 76.1 Å². The zero-order chi connectivity index (χ0) is 14.8. The monoisotopic (exact) mass is 291 g/mol. The fourth-order valence-electron chi connectivity index (χ4n) is 2.69. The molecule has 0 unspecified atom stereocenters. The Morgan fingerprint density at radius 1 is 1.10 bits per heavy atom. The summed E-state index contributed by atoms with van der Waals surface area (Å²) in [7, 11) is 0. The molecule has 3 rings (SSSR count). The number of hydrogen-bond donors (Lipinski definition) is 1. The first-order valence-electron chi connectivity index (χ1n) is 7.07. The Morgan fingerprint density at radius 2 is 1.76 bits per heavy atom. The van der Waals surface area contributed by atoms with Gasteiger partial charge in [0.1, 0.15) is 13.2 Å². The summed E-state index contributed by atoms with van der Waals surface area (Å²) in [6, 6.07) is 5.16. The molecule has 0 aliphatic carbocycles. The molecule has 2 heterocycles. The Bertz CT molecular complexity index is 563. The minimum atomic E-state index is -0.776. The second-order valence-corrected chi connectivity index (χ2v) is 5.26. The molecule has 2 aliphatic rings. The minimum absolute atomic E-state index is 0.0872. The summed E-state index contributed by atoms with van der Waals surface area (Å²) >= 11 is 0. The smallest absolute Gasteiger partial charge is 0.306 e. The van der Waals surface area contributed by atoms with E-state index in [-0.39, 0.29) is 11.8 Å². The van der Waals surface area contributed by atoms with E-state index in [1.807, 2.05) is 0 Å². The van der Waals surface area contributed by atoms with Crippen LogP contribution < -0.4 is 9.47 Å². The first-order chi connectivity index (χ1) is 10.1. The zero-order valence-electron chi connectivity index (χ0n) is 11.6. The van der Waals surface area contributed by atoms with Crippen LogP contribution >= 0.6 is 0 Å². The minimum Gasteiger partial charge on any atom is -0.486 e. The summed E-state index contributed by atoms with van der Waals surface area (Å²) in [6.07, 6.45) is 1.01. The molecule has 0 radical (unpaired) electrons. The largest absolute Gasteiger partial charge is 0.486 e. The number of hydrogen-bond acceptors (Lipinski definition) is 4. The van der Waals surface area contributed by atoms with Crippen LogP contribution in [0, 0.1) is 5.92 Å². The predicted octanol–water partition coefficient (Wildman–Crippen LogP) is 1.39. The molecule has 1 N–H and O–H groups in total. The molecular formula is C15H17NO5. The highest BCUT2D eigenvalue weighted by atomic mass is 16.6. The molecule has 0 saturated carbocycles. The normalized spacial score (nSPS) is 18.4. The number of likely N-dealkylation sites (tertiary alicyclic amines) is 1. The average Bonchev–Trinajstić information content (AvgIpc) is 2.54. The standard InChI is InChI=1S/C15H17NO5/c17-14(16-5-3-10(4-6-16)15(18)19)11-1-2-12-13(9-11)21-8-7-20-12/h1-2,9-10H,3-8H2,(H,18,19). The van der Waals surface area contributed by atoms with Gasteiger partial charge in [0.2, 0.25) is 0 Å². The second kappa shape index (κ2) is 5.63. The fraction of sp³-hybridized carbons (Fsp3) is 0.467. The van der Waals surface area contributed by atoms with Gasteiger partial charge in [0.15, 0.2) is 11.5 Å². The van der Waals surface area contributed by atoms with E-state index in [0.717, 1.165) is 0 Å². The maximum atomic E-state index is 12.4. The maximum absolute atomic E-state index is 12.4. The average molecular weight is 291 g/mol. The number of carbonyl (C=O) groups excluding carboxylic acids is 1. The SMILES string of the molecule is O=C(O)C1CCN(C(=O)c2ccc3c(c2)OCCO3)CC1. The molecule has 0 bridgehead atoms. The molecule has 0 atom stereocenters. The summed E-state index contributed by atoms with van der Waals surface area (Å²) in [5.74, 6) is 0.0430. The number of carboxylic acids is 1. The van der Waals surface area contributed by atoms with E-state index in [4.69, 9.17) is 14.6 Å². The van der Waals surface area contributed by atoms with E-state index in [0.29, 0.717) is 56.2 Å². The van der Waals surface area contributed by atoms with Crippen LogP contribution in [0.1, 0.15) is 23.2 Å². The third-order valence-electron chi connectivity index (χ3n) is 3.92. The van der Waals surface area contributed by atoms with Crippen molar-refractivity contribution in [1.29, 1.82) is 0 Å². The maximum Gasteiger partial charge on any atom is 0.306 e. The number of aliphatic carboxylic acids is 1. The molecule has 0 aromatic heterocycles. The number of nitrogens with zero attached hydrogens (tertiary/aromatic N) is 1. The summed E-state index contributed by atoms with van der Waals surface area (Å²) in [4.78, 5) is 25.1. The highest BCUT2D eigenvalue weighted by Gasteiger charge is 2.28. The summed E-state index contributed by atoms with van der Waals surface area (Å²) in [5.41, 5.74) is 0.549. The van der Waals surface area contributed by atoms with Gasteiger partial charge in [-0.05, 0) is 31.0 Å². The van der Waals surface area contributed by atoms with Crippen LogP contribution in [0.15, 0.2) is 18.2 Å². The van der Waals surface area contributed by atoms with Crippen molar-refractivity contribution < 1.29 is 24.2 Å². The van der Waals surface area contributed by atoms with Gasteiger partial charge in [-0.2, -0.15) is 0 Å². The number of fused-ring (bicyclic) bond motifs is 1. The van der Waals surface area contributed by atoms with Gasteiger partial charge in [0, 0.05) is 18.7 Å². The van der Waals surface area contributed by atoms with E-state index in [2.05, 4.69) is 0 Å². The molecule has 1 fully saturated rings. The van der Waals surface area contributed by atoms with Crippen molar-refractivity contribution in [2.45, 2.75) is 12.8 Å². The number of benzene rings is 1. The first-order valence-corrected chi connectivity index (χ1v) is 7.07. The van der Waals surface area contributed by atoms with Crippen LogP contribution in [0.5, 0.6) is 11.5 Å². The van der Waals surface area contributed by atoms with Gasteiger partial charge in [0.05, 0.1) is 5.92 Å². The van der Waals surface area contributed by atoms with E-state index < -0.39 is 5.97 Å².